The topological polar surface area (TPSA) is 59.6 Å². The molecular weight excluding hydrogens is 315 g/mol. The summed E-state index contributed by atoms with van der Waals surface area (Å²) < 4.78 is 10.3. The summed E-state index contributed by atoms with van der Waals surface area (Å²) in [5, 5.41) is 6.53. The molecule has 0 aromatic heterocycles. The van der Waals surface area contributed by atoms with E-state index in [9.17, 15) is 4.79 Å². The molecule has 0 bridgehead atoms. The zero-order chi connectivity index (χ0) is 14.8. The second-order valence-electron chi connectivity index (χ2n) is 4.24. The number of nitrogens with one attached hydrogen (secondary N) is 2. The van der Waals surface area contributed by atoms with Crippen molar-refractivity contribution in [1.82, 2.24) is 10.6 Å². The standard InChI is InChI=1S/C14H21ClN2O3.ClH/c1-11-12(15)4-3-5-13(11)20-10-14(18)17-7-6-16-8-9-19-2;/h3-5,16H,6-10H2,1-2H3,(H,17,18);1H. The number of halogens is 2. The first-order valence-electron chi connectivity index (χ1n) is 6.49. The van der Waals surface area contributed by atoms with Crippen molar-refractivity contribution in [3.63, 3.8) is 0 Å². The largest absolute Gasteiger partial charge is 0.483 e. The molecule has 0 fully saturated rings. The number of carbonyl (C=O) groups is 1. The third-order valence-electron chi connectivity index (χ3n) is 2.68. The number of amides is 1. The lowest BCUT2D eigenvalue weighted by molar-refractivity contribution is -0.123. The van der Waals surface area contributed by atoms with E-state index >= 15 is 0 Å². The first-order valence-corrected chi connectivity index (χ1v) is 6.87. The molecule has 1 amide bonds. The van der Waals surface area contributed by atoms with Gasteiger partial charge in [-0.1, -0.05) is 17.7 Å². The maximum atomic E-state index is 11.6. The molecule has 120 valence electrons. The molecule has 0 atom stereocenters. The lowest BCUT2D eigenvalue weighted by Crippen LogP contribution is -2.35. The molecule has 0 saturated carbocycles. The fourth-order valence-corrected chi connectivity index (χ4v) is 1.69. The van der Waals surface area contributed by atoms with E-state index in [4.69, 9.17) is 21.1 Å². The number of hydrogen-bond donors (Lipinski definition) is 2. The van der Waals surface area contributed by atoms with Crippen LogP contribution in [0.5, 0.6) is 5.75 Å². The number of benzene rings is 1. The molecule has 21 heavy (non-hydrogen) atoms. The van der Waals surface area contributed by atoms with Crippen LogP contribution in [0.3, 0.4) is 0 Å². The lowest BCUT2D eigenvalue weighted by atomic mass is 10.2. The van der Waals surface area contributed by atoms with Gasteiger partial charge >= 0.3 is 0 Å². The van der Waals surface area contributed by atoms with Crippen molar-refractivity contribution in [2.45, 2.75) is 6.92 Å². The van der Waals surface area contributed by atoms with Crippen molar-refractivity contribution in [3.8, 4) is 5.75 Å². The number of hydrogen-bond acceptors (Lipinski definition) is 4. The van der Waals surface area contributed by atoms with E-state index in [-0.39, 0.29) is 24.9 Å². The smallest absolute Gasteiger partial charge is 0.257 e. The Labute approximate surface area is 136 Å². The van der Waals surface area contributed by atoms with Crippen molar-refractivity contribution in [1.29, 1.82) is 0 Å². The van der Waals surface area contributed by atoms with Gasteiger partial charge in [0.05, 0.1) is 6.61 Å². The van der Waals surface area contributed by atoms with Crippen LogP contribution in [0.1, 0.15) is 5.56 Å². The van der Waals surface area contributed by atoms with Gasteiger partial charge in [0.15, 0.2) is 6.61 Å². The Balaban J connectivity index is 0.00000400. The van der Waals surface area contributed by atoms with Gasteiger partial charge in [0.25, 0.3) is 5.91 Å². The predicted molar refractivity (Wildman–Crippen MR) is 86.7 cm³/mol. The van der Waals surface area contributed by atoms with Gasteiger partial charge < -0.3 is 20.1 Å². The number of rotatable bonds is 9. The maximum absolute atomic E-state index is 11.6. The average molecular weight is 337 g/mol. The summed E-state index contributed by atoms with van der Waals surface area (Å²) in [4.78, 5) is 11.6. The van der Waals surface area contributed by atoms with E-state index in [2.05, 4.69) is 10.6 Å². The van der Waals surface area contributed by atoms with Crippen molar-refractivity contribution in [2.75, 3.05) is 40.0 Å². The van der Waals surface area contributed by atoms with Crippen LogP contribution < -0.4 is 15.4 Å². The summed E-state index contributed by atoms with van der Waals surface area (Å²) in [6.07, 6.45) is 0. The predicted octanol–water partition coefficient (Wildman–Crippen LogP) is 1.80. The van der Waals surface area contributed by atoms with Crippen LogP contribution in [-0.4, -0.2) is 45.9 Å². The summed E-state index contributed by atoms with van der Waals surface area (Å²) in [5.74, 6) is 0.476. The second kappa shape index (κ2) is 11.6. The minimum atomic E-state index is -0.155. The van der Waals surface area contributed by atoms with Crippen molar-refractivity contribution in [3.05, 3.63) is 28.8 Å². The number of ether oxygens (including phenoxy) is 2. The van der Waals surface area contributed by atoms with E-state index in [1.807, 2.05) is 6.92 Å². The Hall–Kier alpha value is -1.01. The zero-order valence-electron chi connectivity index (χ0n) is 12.3. The number of carbonyl (C=O) groups excluding carboxylic acids is 1. The van der Waals surface area contributed by atoms with E-state index in [0.717, 1.165) is 12.1 Å². The molecule has 0 heterocycles. The van der Waals surface area contributed by atoms with Gasteiger partial charge in [-0.05, 0) is 19.1 Å². The van der Waals surface area contributed by atoms with Crippen LogP contribution in [0.25, 0.3) is 0 Å². The number of methoxy groups -OCH3 is 1. The van der Waals surface area contributed by atoms with Crippen LogP contribution in [0, 0.1) is 6.92 Å². The molecule has 5 nitrogen and oxygen atoms in total. The monoisotopic (exact) mass is 336 g/mol. The Morgan fingerprint density at radius 1 is 1.29 bits per heavy atom. The Morgan fingerprint density at radius 3 is 2.76 bits per heavy atom. The normalized spacial score (nSPS) is 9.86. The Kier molecular flexibility index (Phi) is 11.1. The van der Waals surface area contributed by atoms with Crippen LogP contribution in [0.2, 0.25) is 5.02 Å². The molecule has 1 aromatic carbocycles. The van der Waals surface area contributed by atoms with Gasteiger partial charge in [0.1, 0.15) is 5.75 Å². The first-order chi connectivity index (χ1) is 9.65. The molecule has 0 aliphatic carbocycles. The molecule has 0 saturated heterocycles. The van der Waals surface area contributed by atoms with E-state index in [1.165, 1.54) is 0 Å². The molecular formula is C14H22Cl2N2O3. The first kappa shape index (κ1) is 20.0. The minimum Gasteiger partial charge on any atom is -0.483 e. The highest BCUT2D eigenvalue weighted by molar-refractivity contribution is 6.31. The van der Waals surface area contributed by atoms with Gasteiger partial charge in [-0.3, -0.25) is 4.79 Å². The summed E-state index contributed by atoms with van der Waals surface area (Å²) in [6, 6.07) is 5.37. The fraction of sp³-hybridized carbons (Fsp3) is 0.500. The molecule has 0 radical (unpaired) electrons. The molecule has 1 aromatic rings. The quantitative estimate of drug-likeness (QED) is 0.675. The lowest BCUT2D eigenvalue weighted by Gasteiger charge is -2.10. The van der Waals surface area contributed by atoms with Crippen LogP contribution in [0.4, 0.5) is 0 Å². The van der Waals surface area contributed by atoms with Gasteiger partial charge in [-0.15, -0.1) is 12.4 Å². The van der Waals surface area contributed by atoms with Gasteiger partial charge in [0, 0.05) is 37.3 Å². The molecule has 0 aliphatic rings. The average Bonchev–Trinajstić information content (AvgIpc) is 2.44. The van der Waals surface area contributed by atoms with Crippen molar-refractivity contribution >= 4 is 29.9 Å². The van der Waals surface area contributed by atoms with Crippen molar-refractivity contribution in [2.24, 2.45) is 0 Å². The highest BCUT2D eigenvalue weighted by atomic mass is 35.5. The fourth-order valence-electron chi connectivity index (χ4n) is 1.53. The van der Waals surface area contributed by atoms with Crippen LogP contribution >= 0.6 is 24.0 Å². The van der Waals surface area contributed by atoms with Crippen molar-refractivity contribution < 1.29 is 14.3 Å². The Bertz CT molecular complexity index is 431. The molecule has 1 rings (SSSR count). The zero-order valence-corrected chi connectivity index (χ0v) is 13.9. The van der Waals surface area contributed by atoms with Gasteiger partial charge in [-0.25, -0.2) is 0 Å². The molecule has 0 unspecified atom stereocenters. The van der Waals surface area contributed by atoms with E-state index in [1.54, 1.807) is 25.3 Å². The highest BCUT2D eigenvalue weighted by Crippen LogP contribution is 2.24. The maximum Gasteiger partial charge on any atom is 0.257 e. The van der Waals surface area contributed by atoms with Gasteiger partial charge in [0.2, 0.25) is 0 Å². The summed E-state index contributed by atoms with van der Waals surface area (Å²) >= 11 is 5.97. The van der Waals surface area contributed by atoms with E-state index < -0.39 is 0 Å². The molecule has 0 spiro atoms. The van der Waals surface area contributed by atoms with Crippen LogP contribution in [0.15, 0.2) is 18.2 Å². The molecule has 0 aliphatic heterocycles. The highest BCUT2D eigenvalue weighted by Gasteiger charge is 2.06. The SMILES string of the molecule is COCCNCCNC(=O)COc1cccc(Cl)c1C.Cl. The molecule has 2 N–H and O–H groups in total. The van der Waals surface area contributed by atoms with Crippen LogP contribution in [-0.2, 0) is 9.53 Å². The summed E-state index contributed by atoms with van der Waals surface area (Å²) in [5.41, 5.74) is 0.836. The van der Waals surface area contributed by atoms with E-state index in [0.29, 0.717) is 30.5 Å². The Morgan fingerprint density at radius 2 is 2.05 bits per heavy atom. The third-order valence-corrected chi connectivity index (χ3v) is 3.09. The third kappa shape index (κ3) is 8.12. The summed E-state index contributed by atoms with van der Waals surface area (Å²) in [7, 11) is 1.65. The molecule has 7 heteroatoms. The van der Waals surface area contributed by atoms with Gasteiger partial charge in [-0.2, -0.15) is 0 Å². The second-order valence-corrected chi connectivity index (χ2v) is 4.65. The summed E-state index contributed by atoms with van der Waals surface area (Å²) in [6.45, 7) is 4.52. The minimum absolute atomic E-state index is 0.